The van der Waals surface area contributed by atoms with Crippen LogP contribution in [-0.2, 0) is 9.53 Å². The summed E-state index contributed by atoms with van der Waals surface area (Å²) in [7, 11) is 0. The van der Waals surface area contributed by atoms with Gasteiger partial charge in [-0.3, -0.25) is 9.69 Å². The fraction of sp³-hybridized carbons (Fsp3) is 0.857. The first-order valence-electron chi connectivity index (χ1n) is 10.5. The Balaban J connectivity index is 1.52. The number of carbonyl (C=O) groups is 1. The molecule has 0 amide bonds. The molecule has 3 fully saturated rings. The Morgan fingerprint density at radius 1 is 1.27 bits per heavy atom. The molecule has 0 aromatic heterocycles. The lowest BCUT2D eigenvalue weighted by Crippen LogP contribution is -2.55. The predicted molar refractivity (Wildman–Crippen MR) is 101 cm³/mol. The number of rotatable bonds is 3. The van der Waals surface area contributed by atoms with Gasteiger partial charge in [-0.15, -0.1) is 0 Å². The first-order valence-corrected chi connectivity index (χ1v) is 10.5. The third-order valence-electron chi connectivity index (χ3n) is 7.94. The molecule has 1 N–H and O–H groups in total. The summed E-state index contributed by atoms with van der Waals surface area (Å²) in [6.07, 6.45) is 4.68. The van der Waals surface area contributed by atoms with Gasteiger partial charge in [0.2, 0.25) is 0 Å². The summed E-state index contributed by atoms with van der Waals surface area (Å²) in [5, 5.41) is 11.4. The fourth-order valence-corrected chi connectivity index (χ4v) is 5.84. The van der Waals surface area contributed by atoms with Crippen LogP contribution in [0.3, 0.4) is 0 Å². The number of carbonyl (C=O) groups excluding carboxylic acids is 1. The molecule has 0 bridgehead atoms. The zero-order valence-corrected chi connectivity index (χ0v) is 16.5. The molecule has 2 aliphatic carbocycles. The van der Waals surface area contributed by atoms with Crippen LogP contribution in [0.1, 0.15) is 40.0 Å². The van der Waals surface area contributed by atoms with E-state index >= 15 is 0 Å². The van der Waals surface area contributed by atoms with Crippen LogP contribution < -0.4 is 0 Å². The first-order chi connectivity index (χ1) is 12.4. The Morgan fingerprint density at radius 2 is 1.96 bits per heavy atom. The number of esters is 1. The van der Waals surface area contributed by atoms with Gasteiger partial charge in [-0.2, -0.15) is 0 Å². The standard InChI is InChI=1S/C21H34N2O3/c1-4-22-8-10-23(11-9-22)13-16-18-17(26-20(16)25)12-15-7-5-6-14(2)21(15,3)19(18)24/h7,14,16-19,24H,4-6,8-13H2,1-3H3/t14-,16+,17+,18-,19-,21+/m1/s1. The Kier molecular flexibility index (Phi) is 4.91. The number of hydrogen-bond acceptors (Lipinski definition) is 5. The third kappa shape index (κ3) is 2.83. The van der Waals surface area contributed by atoms with Gasteiger partial charge in [0.1, 0.15) is 6.10 Å². The van der Waals surface area contributed by atoms with Crippen molar-refractivity contribution >= 4 is 5.97 Å². The van der Waals surface area contributed by atoms with Gasteiger partial charge >= 0.3 is 5.97 Å². The van der Waals surface area contributed by atoms with Gasteiger partial charge in [0.25, 0.3) is 0 Å². The van der Waals surface area contributed by atoms with Crippen molar-refractivity contribution in [3.63, 3.8) is 0 Å². The molecule has 4 aliphatic rings. The average Bonchev–Trinajstić information content (AvgIpc) is 2.94. The largest absolute Gasteiger partial charge is 0.461 e. The van der Waals surface area contributed by atoms with Crippen molar-refractivity contribution in [1.29, 1.82) is 0 Å². The van der Waals surface area contributed by atoms with Crippen molar-refractivity contribution in [2.75, 3.05) is 39.3 Å². The monoisotopic (exact) mass is 362 g/mol. The first kappa shape index (κ1) is 18.5. The minimum absolute atomic E-state index is 0.0607. The lowest BCUT2D eigenvalue weighted by Gasteiger charge is -2.52. The van der Waals surface area contributed by atoms with E-state index in [0.29, 0.717) is 5.92 Å². The smallest absolute Gasteiger partial charge is 0.311 e. The van der Waals surface area contributed by atoms with E-state index in [1.54, 1.807) is 0 Å². The van der Waals surface area contributed by atoms with E-state index in [1.807, 2.05) is 0 Å². The number of aliphatic hydroxyl groups is 1. The van der Waals surface area contributed by atoms with Crippen LogP contribution in [0.2, 0.25) is 0 Å². The lowest BCUT2D eigenvalue weighted by atomic mass is 9.55. The van der Waals surface area contributed by atoms with Crippen LogP contribution in [0.25, 0.3) is 0 Å². The maximum Gasteiger partial charge on any atom is 0.311 e. The quantitative estimate of drug-likeness (QED) is 0.614. The van der Waals surface area contributed by atoms with E-state index in [9.17, 15) is 9.90 Å². The highest BCUT2D eigenvalue weighted by molar-refractivity contribution is 5.76. The average molecular weight is 363 g/mol. The second-order valence-corrected chi connectivity index (χ2v) is 9.03. The van der Waals surface area contributed by atoms with Crippen molar-refractivity contribution in [2.45, 2.75) is 52.2 Å². The number of likely N-dealkylation sites (N-methyl/N-ethyl adjacent to an activating group) is 1. The molecular formula is C21H34N2O3. The summed E-state index contributed by atoms with van der Waals surface area (Å²) < 4.78 is 5.78. The molecule has 6 atom stereocenters. The number of ether oxygens (including phenoxy) is 1. The maximum absolute atomic E-state index is 12.7. The summed E-state index contributed by atoms with van der Waals surface area (Å²) >= 11 is 0. The molecule has 2 heterocycles. The lowest BCUT2D eigenvalue weighted by molar-refractivity contribution is -0.145. The summed E-state index contributed by atoms with van der Waals surface area (Å²) in [5.41, 5.74) is 1.11. The summed E-state index contributed by atoms with van der Waals surface area (Å²) in [6.45, 7) is 12.6. The van der Waals surface area contributed by atoms with Gasteiger partial charge in [0.15, 0.2) is 0 Å². The van der Waals surface area contributed by atoms with Crippen LogP contribution in [0.15, 0.2) is 11.6 Å². The van der Waals surface area contributed by atoms with Crippen molar-refractivity contribution in [2.24, 2.45) is 23.2 Å². The molecule has 2 aliphatic heterocycles. The number of nitrogens with zero attached hydrogens (tertiary/aromatic N) is 2. The zero-order valence-electron chi connectivity index (χ0n) is 16.5. The van der Waals surface area contributed by atoms with Crippen LogP contribution in [0, 0.1) is 23.2 Å². The molecule has 0 radical (unpaired) electrons. The minimum atomic E-state index is -0.490. The van der Waals surface area contributed by atoms with Gasteiger partial charge < -0.3 is 14.7 Å². The van der Waals surface area contributed by atoms with Gasteiger partial charge in [-0.05, 0) is 25.3 Å². The molecule has 0 unspecified atom stereocenters. The van der Waals surface area contributed by atoms with Gasteiger partial charge in [0, 0.05) is 50.5 Å². The fourth-order valence-electron chi connectivity index (χ4n) is 5.84. The molecule has 4 rings (SSSR count). The minimum Gasteiger partial charge on any atom is -0.461 e. The molecule has 146 valence electrons. The Bertz CT molecular complexity index is 584. The maximum atomic E-state index is 12.7. The van der Waals surface area contributed by atoms with Crippen LogP contribution in [0.4, 0.5) is 0 Å². The van der Waals surface area contributed by atoms with E-state index < -0.39 is 6.10 Å². The van der Waals surface area contributed by atoms with E-state index in [1.165, 1.54) is 5.57 Å². The Labute approximate surface area is 157 Å². The number of allylic oxidation sites excluding steroid dienone is 1. The number of hydrogen-bond donors (Lipinski definition) is 1. The van der Waals surface area contributed by atoms with E-state index in [0.717, 1.165) is 58.5 Å². The summed E-state index contributed by atoms with van der Waals surface area (Å²) in [6, 6.07) is 0. The molecular weight excluding hydrogens is 328 g/mol. The Morgan fingerprint density at radius 3 is 2.65 bits per heavy atom. The number of piperazine rings is 1. The molecule has 0 aromatic rings. The van der Waals surface area contributed by atoms with Crippen LogP contribution in [-0.4, -0.2) is 72.4 Å². The van der Waals surface area contributed by atoms with E-state index in [4.69, 9.17) is 4.74 Å². The van der Waals surface area contributed by atoms with Gasteiger partial charge in [-0.25, -0.2) is 0 Å². The topological polar surface area (TPSA) is 53.0 Å². The summed E-state index contributed by atoms with van der Waals surface area (Å²) in [4.78, 5) is 17.5. The molecule has 5 heteroatoms. The Hall–Kier alpha value is -0.910. The molecule has 0 aromatic carbocycles. The van der Waals surface area contributed by atoms with Crippen molar-refractivity contribution in [1.82, 2.24) is 9.80 Å². The highest BCUT2D eigenvalue weighted by Crippen LogP contribution is 2.56. The van der Waals surface area contributed by atoms with E-state index in [-0.39, 0.29) is 29.3 Å². The SMILES string of the molecule is CCN1CCN(C[C@@H]2C(=O)O[C@H]3CC4=CCC[C@@H](C)[C@]4(C)[C@H](O)[C@@H]32)CC1. The predicted octanol–water partition coefficient (Wildman–Crippen LogP) is 1.91. The van der Waals surface area contributed by atoms with Crippen molar-refractivity contribution in [3.05, 3.63) is 11.6 Å². The van der Waals surface area contributed by atoms with Crippen molar-refractivity contribution < 1.29 is 14.6 Å². The number of aliphatic hydroxyl groups excluding tert-OH is 1. The normalized spacial score (nSPS) is 44.2. The molecule has 5 nitrogen and oxygen atoms in total. The second kappa shape index (κ2) is 6.92. The molecule has 1 saturated carbocycles. The highest BCUT2D eigenvalue weighted by Gasteiger charge is 2.59. The molecule has 0 spiro atoms. The van der Waals surface area contributed by atoms with E-state index in [2.05, 4.69) is 36.6 Å². The third-order valence-corrected chi connectivity index (χ3v) is 7.94. The number of fused-ring (bicyclic) bond motifs is 2. The van der Waals surface area contributed by atoms with Gasteiger partial charge in [-0.1, -0.05) is 32.4 Å². The van der Waals surface area contributed by atoms with Crippen molar-refractivity contribution in [3.8, 4) is 0 Å². The van der Waals surface area contributed by atoms with Crippen LogP contribution >= 0.6 is 0 Å². The highest BCUT2D eigenvalue weighted by atomic mass is 16.6. The van der Waals surface area contributed by atoms with Gasteiger partial charge in [0.05, 0.1) is 12.0 Å². The summed E-state index contributed by atoms with van der Waals surface area (Å²) in [5.74, 6) is 0.112. The zero-order chi connectivity index (χ0) is 18.5. The molecule has 2 saturated heterocycles. The second-order valence-electron chi connectivity index (χ2n) is 9.03. The molecule has 26 heavy (non-hydrogen) atoms. The van der Waals surface area contributed by atoms with Crippen LogP contribution in [0.5, 0.6) is 0 Å².